The van der Waals surface area contributed by atoms with Gasteiger partial charge >= 0.3 is 5.69 Å². The third-order valence-electron chi connectivity index (χ3n) is 2.26. The van der Waals surface area contributed by atoms with E-state index >= 15 is 0 Å². The normalized spacial score (nSPS) is 10.7. The number of benzene rings is 1. The highest BCUT2D eigenvalue weighted by Crippen LogP contribution is 2.24. The lowest BCUT2D eigenvalue weighted by molar-refractivity contribution is 0.647. The SMILES string of the molecule is Cn1cnn(Cc2c(Cl)cccc2Cl)c1=O. The second-order valence-corrected chi connectivity index (χ2v) is 4.20. The number of aryl methyl sites for hydroxylation is 1. The van der Waals surface area contributed by atoms with Gasteiger partial charge in [0.25, 0.3) is 0 Å². The molecule has 2 aromatic rings. The molecule has 6 heteroatoms. The van der Waals surface area contributed by atoms with E-state index in [9.17, 15) is 4.79 Å². The van der Waals surface area contributed by atoms with Gasteiger partial charge in [0, 0.05) is 22.7 Å². The minimum Gasteiger partial charge on any atom is -0.285 e. The number of nitrogens with zero attached hydrogens (tertiary/aromatic N) is 3. The summed E-state index contributed by atoms with van der Waals surface area (Å²) in [5.74, 6) is 0. The topological polar surface area (TPSA) is 39.8 Å². The van der Waals surface area contributed by atoms with E-state index in [-0.39, 0.29) is 12.2 Å². The van der Waals surface area contributed by atoms with Crippen LogP contribution in [0.3, 0.4) is 0 Å². The molecule has 1 aromatic heterocycles. The highest BCUT2D eigenvalue weighted by atomic mass is 35.5. The molecule has 0 atom stereocenters. The summed E-state index contributed by atoms with van der Waals surface area (Å²) in [5.41, 5.74) is 0.502. The van der Waals surface area contributed by atoms with Gasteiger partial charge in [-0.2, -0.15) is 5.10 Å². The molecule has 0 N–H and O–H groups in total. The maximum Gasteiger partial charge on any atom is 0.345 e. The second kappa shape index (κ2) is 4.31. The second-order valence-electron chi connectivity index (χ2n) is 3.38. The van der Waals surface area contributed by atoms with E-state index < -0.39 is 0 Å². The van der Waals surface area contributed by atoms with Crippen molar-refractivity contribution >= 4 is 23.2 Å². The summed E-state index contributed by atoms with van der Waals surface area (Å²) in [7, 11) is 1.64. The van der Waals surface area contributed by atoms with Crippen LogP contribution in [0.4, 0.5) is 0 Å². The Labute approximate surface area is 102 Å². The third-order valence-corrected chi connectivity index (χ3v) is 2.96. The summed E-state index contributed by atoms with van der Waals surface area (Å²) in [6, 6.07) is 5.23. The quantitative estimate of drug-likeness (QED) is 0.825. The van der Waals surface area contributed by atoms with Gasteiger partial charge in [0.2, 0.25) is 0 Å². The summed E-state index contributed by atoms with van der Waals surface area (Å²) in [6.07, 6.45) is 1.45. The van der Waals surface area contributed by atoms with Crippen LogP contribution in [0.25, 0.3) is 0 Å². The lowest BCUT2D eigenvalue weighted by Gasteiger charge is -2.05. The average molecular weight is 258 g/mol. The molecular weight excluding hydrogens is 249 g/mol. The zero-order valence-electron chi connectivity index (χ0n) is 8.52. The van der Waals surface area contributed by atoms with Gasteiger partial charge in [-0.15, -0.1) is 0 Å². The first kappa shape index (κ1) is 11.2. The molecule has 0 aliphatic carbocycles. The van der Waals surface area contributed by atoms with Crippen LogP contribution in [0.15, 0.2) is 29.3 Å². The van der Waals surface area contributed by atoms with E-state index in [1.165, 1.54) is 15.6 Å². The van der Waals surface area contributed by atoms with Crippen molar-refractivity contribution in [1.82, 2.24) is 14.3 Å². The fraction of sp³-hybridized carbons (Fsp3) is 0.200. The molecule has 1 aromatic carbocycles. The molecule has 4 nitrogen and oxygen atoms in total. The molecule has 0 aliphatic rings. The third kappa shape index (κ3) is 1.99. The standard InChI is InChI=1S/C10H9Cl2N3O/c1-14-6-13-15(10(14)16)5-7-8(11)3-2-4-9(7)12/h2-4,6H,5H2,1H3. The van der Waals surface area contributed by atoms with E-state index in [0.29, 0.717) is 15.6 Å². The molecule has 0 radical (unpaired) electrons. The van der Waals surface area contributed by atoms with Crippen LogP contribution < -0.4 is 5.69 Å². The van der Waals surface area contributed by atoms with E-state index in [2.05, 4.69) is 5.10 Å². The zero-order valence-corrected chi connectivity index (χ0v) is 10.0. The molecule has 84 valence electrons. The lowest BCUT2D eigenvalue weighted by Crippen LogP contribution is -2.23. The Morgan fingerprint density at radius 2 is 1.94 bits per heavy atom. The van der Waals surface area contributed by atoms with Crippen molar-refractivity contribution < 1.29 is 0 Å². The van der Waals surface area contributed by atoms with E-state index in [0.717, 1.165) is 0 Å². The molecule has 0 aliphatic heterocycles. The summed E-state index contributed by atoms with van der Waals surface area (Å²) in [6.45, 7) is 0.276. The van der Waals surface area contributed by atoms with Gasteiger partial charge in [0.15, 0.2) is 0 Å². The van der Waals surface area contributed by atoms with E-state index in [1.54, 1.807) is 25.2 Å². The Morgan fingerprint density at radius 3 is 2.44 bits per heavy atom. The molecule has 0 spiro atoms. The maximum absolute atomic E-state index is 11.6. The Hall–Kier alpha value is -1.26. The summed E-state index contributed by atoms with van der Waals surface area (Å²) in [5, 5.41) is 5.01. The van der Waals surface area contributed by atoms with Crippen LogP contribution >= 0.6 is 23.2 Å². The first-order chi connectivity index (χ1) is 7.59. The number of halogens is 2. The Morgan fingerprint density at radius 1 is 1.31 bits per heavy atom. The highest BCUT2D eigenvalue weighted by Gasteiger charge is 2.09. The molecule has 0 bridgehead atoms. The van der Waals surface area contributed by atoms with E-state index in [1.807, 2.05) is 0 Å². The van der Waals surface area contributed by atoms with Crippen LogP contribution in [-0.4, -0.2) is 14.3 Å². The molecule has 1 heterocycles. The van der Waals surface area contributed by atoms with Gasteiger partial charge in [0.05, 0.1) is 6.54 Å². The van der Waals surface area contributed by atoms with E-state index in [4.69, 9.17) is 23.2 Å². The van der Waals surface area contributed by atoms with Crippen LogP contribution in [-0.2, 0) is 13.6 Å². The smallest absolute Gasteiger partial charge is 0.285 e. The van der Waals surface area contributed by atoms with Crippen LogP contribution in [0.1, 0.15) is 5.56 Å². The van der Waals surface area contributed by atoms with Gasteiger partial charge in [-0.05, 0) is 12.1 Å². The summed E-state index contributed by atoms with van der Waals surface area (Å²) in [4.78, 5) is 11.6. The molecule has 0 amide bonds. The Bertz CT molecular complexity index is 553. The molecular formula is C10H9Cl2N3O. The minimum absolute atomic E-state index is 0.198. The minimum atomic E-state index is -0.198. The van der Waals surface area contributed by atoms with Gasteiger partial charge in [-0.25, -0.2) is 9.48 Å². The lowest BCUT2D eigenvalue weighted by atomic mass is 10.2. The molecule has 0 unspecified atom stereocenters. The van der Waals surface area contributed by atoms with Crippen LogP contribution in [0.5, 0.6) is 0 Å². The maximum atomic E-state index is 11.6. The van der Waals surface area contributed by atoms with Gasteiger partial charge < -0.3 is 0 Å². The fourth-order valence-electron chi connectivity index (χ4n) is 1.36. The van der Waals surface area contributed by atoms with Gasteiger partial charge in [-0.3, -0.25) is 4.57 Å². The summed E-state index contributed by atoms with van der Waals surface area (Å²) >= 11 is 12.0. The molecule has 2 rings (SSSR count). The van der Waals surface area contributed by atoms with Crippen LogP contribution in [0, 0.1) is 0 Å². The Kier molecular flexibility index (Phi) is 3.03. The zero-order chi connectivity index (χ0) is 11.7. The average Bonchev–Trinajstić information content (AvgIpc) is 2.55. The van der Waals surface area contributed by atoms with Crippen molar-refractivity contribution in [2.24, 2.45) is 7.05 Å². The predicted octanol–water partition coefficient (Wildman–Crippen LogP) is 1.94. The fourth-order valence-corrected chi connectivity index (χ4v) is 1.88. The largest absolute Gasteiger partial charge is 0.345 e. The first-order valence-electron chi connectivity index (χ1n) is 4.61. The number of hydrogen-bond acceptors (Lipinski definition) is 2. The van der Waals surface area contributed by atoms with Crippen molar-refractivity contribution in [3.63, 3.8) is 0 Å². The number of hydrogen-bond donors (Lipinski definition) is 0. The Balaban J connectivity index is 2.42. The van der Waals surface area contributed by atoms with Crippen molar-refractivity contribution in [3.8, 4) is 0 Å². The van der Waals surface area contributed by atoms with Crippen molar-refractivity contribution in [3.05, 3.63) is 50.6 Å². The van der Waals surface area contributed by atoms with Gasteiger partial charge in [-0.1, -0.05) is 29.3 Å². The summed E-state index contributed by atoms with van der Waals surface area (Å²) < 4.78 is 2.71. The first-order valence-corrected chi connectivity index (χ1v) is 5.36. The van der Waals surface area contributed by atoms with Gasteiger partial charge in [0.1, 0.15) is 6.33 Å². The monoisotopic (exact) mass is 257 g/mol. The molecule has 0 fully saturated rings. The number of rotatable bonds is 2. The molecule has 16 heavy (non-hydrogen) atoms. The van der Waals surface area contributed by atoms with Crippen molar-refractivity contribution in [2.45, 2.75) is 6.54 Å². The van der Waals surface area contributed by atoms with Crippen molar-refractivity contribution in [2.75, 3.05) is 0 Å². The molecule has 0 saturated heterocycles. The number of aromatic nitrogens is 3. The highest BCUT2D eigenvalue weighted by molar-refractivity contribution is 6.35. The van der Waals surface area contributed by atoms with Crippen LogP contribution in [0.2, 0.25) is 10.0 Å². The molecule has 0 saturated carbocycles. The predicted molar refractivity (Wildman–Crippen MR) is 63.0 cm³/mol. The van der Waals surface area contributed by atoms with Crippen molar-refractivity contribution in [1.29, 1.82) is 0 Å².